The van der Waals surface area contributed by atoms with Crippen molar-refractivity contribution >= 4 is 17.0 Å². The van der Waals surface area contributed by atoms with E-state index in [1.54, 1.807) is 12.1 Å². The van der Waals surface area contributed by atoms with Crippen LogP contribution < -0.4 is 10.6 Å². The Morgan fingerprint density at radius 1 is 1.12 bits per heavy atom. The van der Waals surface area contributed by atoms with Gasteiger partial charge < -0.3 is 15.7 Å². The fourth-order valence-corrected chi connectivity index (χ4v) is 6.02. The van der Waals surface area contributed by atoms with Crippen molar-refractivity contribution in [2.75, 3.05) is 13.1 Å². The highest BCUT2D eigenvalue weighted by molar-refractivity contribution is 7.14. The van der Waals surface area contributed by atoms with Gasteiger partial charge in [-0.15, -0.1) is 11.3 Å². The molecule has 3 N–H and O–H groups in total. The molecule has 0 bridgehead atoms. The van der Waals surface area contributed by atoms with Gasteiger partial charge in [-0.05, 0) is 69.5 Å². The number of nitrogens with zero attached hydrogens (tertiary/aromatic N) is 2. The molecule has 1 aromatic carbocycles. The summed E-state index contributed by atoms with van der Waals surface area (Å²) in [5.74, 6) is 0.555. The second kappa shape index (κ2) is 9.87. The summed E-state index contributed by atoms with van der Waals surface area (Å²) in [7, 11) is 0. The number of allylic oxidation sites excluding steroid dienone is 3. The summed E-state index contributed by atoms with van der Waals surface area (Å²) in [5, 5.41) is 18.9. The van der Waals surface area contributed by atoms with E-state index in [1.807, 2.05) is 12.1 Å². The van der Waals surface area contributed by atoms with Crippen molar-refractivity contribution in [1.29, 1.82) is 0 Å². The predicted octanol–water partition coefficient (Wildman–Crippen LogP) is 5.03. The fourth-order valence-electron chi connectivity index (χ4n) is 4.83. The molecule has 0 amide bonds. The summed E-state index contributed by atoms with van der Waals surface area (Å²) in [6, 6.07) is 7.16. The number of hydrogen-bond donors (Lipinski definition) is 3. The number of halogens is 1. The standard InChI is InChI=1S/C26H31FN4OS/c27-20-11-5-4-10-19(20)23-24(33-25(31-23)26(32)14-16-28-17-15-26)21-12-6-7-13-22(30-21)29-18-8-2-1-3-9-18/h4-6,10-13,18,28-29,32H,1-3,7-9,14-17H2. The molecular formula is C26H31FN4OS. The molecule has 174 valence electrons. The maximum absolute atomic E-state index is 14.8. The van der Waals surface area contributed by atoms with Gasteiger partial charge in [-0.2, -0.15) is 0 Å². The summed E-state index contributed by atoms with van der Waals surface area (Å²) in [6.45, 7) is 1.47. The van der Waals surface area contributed by atoms with E-state index >= 15 is 0 Å². The van der Waals surface area contributed by atoms with Crippen LogP contribution in [0.5, 0.6) is 0 Å². The number of aliphatic hydroxyl groups is 1. The molecule has 7 heteroatoms. The Morgan fingerprint density at radius 2 is 1.91 bits per heavy atom. The minimum absolute atomic E-state index is 0.317. The molecular weight excluding hydrogens is 435 g/mol. The highest BCUT2D eigenvalue weighted by atomic mass is 32.1. The quantitative estimate of drug-likeness (QED) is 0.578. The predicted molar refractivity (Wildman–Crippen MR) is 132 cm³/mol. The molecule has 5 nitrogen and oxygen atoms in total. The Kier molecular flexibility index (Phi) is 6.71. The number of thiazole rings is 1. The molecule has 3 heterocycles. The number of rotatable bonds is 5. The smallest absolute Gasteiger partial charge is 0.132 e. The average molecular weight is 467 g/mol. The highest BCUT2D eigenvalue weighted by Gasteiger charge is 2.36. The van der Waals surface area contributed by atoms with Crippen molar-refractivity contribution in [2.45, 2.75) is 63.0 Å². The van der Waals surface area contributed by atoms with Gasteiger partial charge in [-0.25, -0.2) is 14.4 Å². The van der Waals surface area contributed by atoms with Gasteiger partial charge in [0.2, 0.25) is 0 Å². The van der Waals surface area contributed by atoms with Gasteiger partial charge in [0, 0.05) is 11.6 Å². The topological polar surface area (TPSA) is 69.5 Å². The molecule has 1 saturated carbocycles. The van der Waals surface area contributed by atoms with Gasteiger partial charge in [-0.1, -0.05) is 37.5 Å². The molecule has 5 rings (SSSR count). The molecule has 0 unspecified atom stereocenters. The third-order valence-electron chi connectivity index (χ3n) is 6.74. The van der Waals surface area contributed by atoms with Crippen molar-refractivity contribution in [3.8, 4) is 11.3 Å². The molecule has 2 fully saturated rings. The number of benzene rings is 1. The lowest BCUT2D eigenvalue weighted by atomic mass is 9.93. The van der Waals surface area contributed by atoms with Crippen molar-refractivity contribution in [3.05, 3.63) is 64.0 Å². The minimum atomic E-state index is -0.998. The van der Waals surface area contributed by atoms with E-state index in [1.165, 1.54) is 49.5 Å². The van der Waals surface area contributed by atoms with Crippen LogP contribution in [0, 0.1) is 5.82 Å². The zero-order chi connectivity index (χ0) is 22.7. The lowest BCUT2D eigenvalue weighted by Gasteiger charge is -2.30. The van der Waals surface area contributed by atoms with Gasteiger partial charge >= 0.3 is 0 Å². The molecule has 3 aliphatic rings. The number of hydrogen-bond acceptors (Lipinski definition) is 6. The van der Waals surface area contributed by atoms with Crippen LogP contribution in [0.2, 0.25) is 0 Å². The molecule has 2 aromatic rings. The first-order valence-electron chi connectivity index (χ1n) is 12.0. The van der Waals surface area contributed by atoms with Crippen LogP contribution >= 0.6 is 11.3 Å². The first-order chi connectivity index (χ1) is 16.1. The van der Waals surface area contributed by atoms with Gasteiger partial charge in [0.25, 0.3) is 0 Å². The summed E-state index contributed by atoms with van der Waals surface area (Å²) in [4.78, 5) is 10.6. The molecule has 1 aliphatic carbocycles. The maximum Gasteiger partial charge on any atom is 0.132 e. The number of nitrogens with one attached hydrogen (secondary N) is 2. The van der Waals surface area contributed by atoms with E-state index in [0.29, 0.717) is 35.1 Å². The van der Waals surface area contributed by atoms with Gasteiger partial charge in [0.05, 0.1) is 16.3 Å². The second-order valence-corrected chi connectivity index (χ2v) is 10.2. The molecule has 0 spiro atoms. The Balaban J connectivity index is 1.55. The normalized spacial score (nSPS) is 21.3. The Morgan fingerprint density at radius 3 is 2.70 bits per heavy atom. The number of piperidine rings is 1. The van der Waals surface area contributed by atoms with Crippen LogP contribution in [0.4, 0.5) is 4.39 Å². The van der Waals surface area contributed by atoms with E-state index in [-0.39, 0.29) is 5.82 Å². The monoisotopic (exact) mass is 466 g/mol. The summed E-state index contributed by atoms with van der Waals surface area (Å²) in [5.41, 5.74) is 0.768. The van der Waals surface area contributed by atoms with Crippen molar-refractivity contribution in [3.63, 3.8) is 0 Å². The Hall–Kier alpha value is -2.35. The van der Waals surface area contributed by atoms with Crippen LogP contribution in [-0.4, -0.2) is 34.9 Å². The first-order valence-corrected chi connectivity index (χ1v) is 12.9. The lowest BCUT2D eigenvalue weighted by molar-refractivity contribution is 0.00581. The van der Waals surface area contributed by atoms with E-state index in [4.69, 9.17) is 9.98 Å². The zero-order valence-corrected chi connectivity index (χ0v) is 19.6. The van der Waals surface area contributed by atoms with Crippen LogP contribution in [0.1, 0.15) is 61.3 Å². The number of aromatic nitrogens is 1. The molecule has 0 radical (unpaired) electrons. The van der Waals surface area contributed by atoms with Crippen LogP contribution in [0.15, 0.2) is 53.3 Å². The number of aliphatic imine (C=N–C) groups is 1. The molecule has 1 saturated heterocycles. The van der Waals surface area contributed by atoms with E-state index in [9.17, 15) is 9.50 Å². The second-order valence-electron chi connectivity index (χ2n) is 9.16. The van der Waals surface area contributed by atoms with E-state index < -0.39 is 5.60 Å². The summed E-state index contributed by atoms with van der Waals surface area (Å²) >= 11 is 1.44. The summed E-state index contributed by atoms with van der Waals surface area (Å²) < 4.78 is 14.8. The third-order valence-corrected chi connectivity index (χ3v) is 8.01. The van der Waals surface area contributed by atoms with Gasteiger partial charge in [-0.3, -0.25) is 0 Å². The van der Waals surface area contributed by atoms with Crippen LogP contribution in [-0.2, 0) is 5.60 Å². The Bertz CT molecular complexity index is 1080. The Labute approximate surface area is 198 Å². The van der Waals surface area contributed by atoms with Crippen molar-refractivity contribution < 1.29 is 9.50 Å². The highest BCUT2D eigenvalue weighted by Crippen LogP contribution is 2.39. The average Bonchev–Trinajstić information content (AvgIpc) is 3.16. The first kappa shape index (κ1) is 22.4. The van der Waals surface area contributed by atoms with Crippen molar-refractivity contribution in [1.82, 2.24) is 15.6 Å². The lowest BCUT2D eigenvalue weighted by Crippen LogP contribution is -2.39. The maximum atomic E-state index is 14.8. The fraction of sp³-hybridized carbons (Fsp3) is 0.462. The van der Waals surface area contributed by atoms with Crippen molar-refractivity contribution in [2.24, 2.45) is 4.99 Å². The molecule has 33 heavy (non-hydrogen) atoms. The van der Waals surface area contributed by atoms with Crippen LogP contribution in [0.3, 0.4) is 0 Å². The van der Waals surface area contributed by atoms with Gasteiger partial charge in [0.15, 0.2) is 0 Å². The summed E-state index contributed by atoms with van der Waals surface area (Å²) in [6.07, 6.45) is 14.3. The van der Waals surface area contributed by atoms with Crippen LogP contribution in [0.25, 0.3) is 11.3 Å². The third kappa shape index (κ3) is 4.95. The van der Waals surface area contributed by atoms with Gasteiger partial charge in [0.1, 0.15) is 22.2 Å². The van der Waals surface area contributed by atoms with E-state index in [0.717, 1.165) is 35.9 Å². The molecule has 1 aromatic heterocycles. The largest absolute Gasteiger partial charge is 0.383 e. The molecule has 2 aliphatic heterocycles. The molecule has 0 atom stereocenters. The van der Waals surface area contributed by atoms with E-state index in [2.05, 4.69) is 22.8 Å². The zero-order valence-electron chi connectivity index (χ0n) is 18.8. The minimum Gasteiger partial charge on any atom is -0.383 e. The SMILES string of the molecule is OC1(c2nc(-c3ccccc3F)c(C3=NC(NC4CCCCC4)=CCC=C3)s2)CCNCC1.